The van der Waals surface area contributed by atoms with Crippen LogP contribution in [0.2, 0.25) is 0 Å². The molecule has 3 N–H and O–H groups in total. The summed E-state index contributed by atoms with van der Waals surface area (Å²) >= 11 is 0. The molecule has 1 amide bonds. The van der Waals surface area contributed by atoms with Crippen molar-refractivity contribution in [3.05, 3.63) is 58.6 Å². The van der Waals surface area contributed by atoms with Crippen molar-refractivity contribution in [1.82, 2.24) is 0 Å². The standard InChI is InChI=1S/C21H26N4O5/c1-29-17-6-8-18(9-7-17)30-15-14-23-10-12-24(13-11-23)16-21(26)22-19-4-2-3-5-20(19)25(27)28/h2-9H,10-16H2,1H3,(H,22,26)/p+2. The number of nitro groups is 1. The number of methoxy groups -OCH3 is 1. The van der Waals surface area contributed by atoms with Gasteiger partial charge in [-0.25, -0.2) is 0 Å². The Kier molecular flexibility index (Phi) is 7.58. The Balaban J connectivity index is 1.37. The van der Waals surface area contributed by atoms with Crippen molar-refractivity contribution in [1.29, 1.82) is 0 Å². The number of piperazine rings is 1. The number of nitrogens with one attached hydrogen (secondary N) is 3. The summed E-state index contributed by atoms with van der Waals surface area (Å²) < 4.78 is 10.9. The summed E-state index contributed by atoms with van der Waals surface area (Å²) in [5.74, 6) is 1.43. The summed E-state index contributed by atoms with van der Waals surface area (Å²) in [6, 6.07) is 13.7. The van der Waals surface area contributed by atoms with Crippen molar-refractivity contribution in [2.24, 2.45) is 0 Å². The zero-order valence-electron chi connectivity index (χ0n) is 17.1. The normalized spacial score (nSPS) is 18.4. The molecule has 0 atom stereocenters. The van der Waals surface area contributed by atoms with E-state index in [4.69, 9.17) is 9.47 Å². The van der Waals surface area contributed by atoms with Crippen LogP contribution in [0.15, 0.2) is 48.5 Å². The molecule has 1 saturated heterocycles. The zero-order chi connectivity index (χ0) is 21.3. The van der Waals surface area contributed by atoms with Crippen molar-refractivity contribution < 1.29 is 29.0 Å². The zero-order valence-corrected chi connectivity index (χ0v) is 17.1. The Labute approximate surface area is 175 Å². The number of para-hydroxylation sites is 2. The number of ether oxygens (including phenoxy) is 2. The molecule has 3 rings (SSSR count). The van der Waals surface area contributed by atoms with Crippen LogP contribution in [0.1, 0.15) is 0 Å². The number of hydrogen-bond donors (Lipinski definition) is 3. The summed E-state index contributed by atoms with van der Waals surface area (Å²) in [4.78, 5) is 25.5. The SMILES string of the molecule is COc1ccc(OCC[NH+]2CC[NH+](CC(=O)Nc3ccccc3[N+](=O)[O-])CC2)cc1. The number of carbonyl (C=O) groups excluding carboxylic acids is 1. The summed E-state index contributed by atoms with van der Waals surface area (Å²) in [5.41, 5.74) is 0.152. The number of quaternary nitrogens is 2. The van der Waals surface area contributed by atoms with Crippen LogP contribution in [0.25, 0.3) is 0 Å². The van der Waals surface area contributed by atoms with Crippen LogP contribution in [0.4, 0.5) is 11.4 Å². The number of benzene rings is 2. The molecular formula is C21H28N4O5+2. The fourth-order valence-electron chi connectivity index (χ4n) is 3.53. The van der Waals surface area contributed by atoms with Gasteiger partial charge in [0.05, 0.1) is 12.0 Å². The second kappa shape index (κ2) is 10.6. The molecular weight excluding hydrogens is 388 g/mol. The summed E-state index contributed by atoms with van der Waals surface area (Å²) in [6.07, 6.45) is 0. The molecule has 0 saturated carbocycles. The highest BCUT2D eigenvalue weighted by atomic mass is 16.6. The molecule has 30 heavy (non-hydrogen) atoms. The number of rotatable bonds is 9. The molecule has 1 aliphatic rings. The van der Waals surface area contributed by atoms with Gasteiger partial charge < -0.3 is 24.6 Å². The number of nitro benzene ring substituents is 1. The van der Waals surface area contributed by atoms with Crippen molar-refractivity contribution in [3.8, 4) is 11.5 Å². The molecule has 0 radical (unpaired) electrons. The first-order valence-corrected chi connectivity index (χ1v) is 10.0. The lowest BCUT2D eigenvalue weighted by molar-refractivity contribution is -1.01. The summed E-state index contributed by atoms with van der Waals surface area (Å²) in [6.45, 7) is 5.52. The van der Waals surface area contributed by atoms with E-state index in [2.05, 4.69) is 5.32 Å². The van der Waals surface area contributed by atoms with Gasteiger partial charge in [0.2, 0.25) is 0 Å². The smallest absolute Gasteiger partial charge is 0.292 e. The van der Waals surface area contributed by atoms with E-state index in [1.54, 1.807) is 25.3 Å². The van der Waals surface area contributed by atoms with Crippen molar-refractivity contribution in [3.63, 3.8) is 0 Å². The summed E-state index contributed by atoms with van der Waals surface area (Å²) in [5, 5.41) is 13.7. The van der Waals surface area contributed by atoms with Crippen LogP contribution in [-0.2, 0) is 4.79 Å². The van der Waals surface area contributed by atoms with E-state index < -0.39 is 4.92 Å². The fraction of sp³-hybridized carbons (Fsp3) is 0.381. The van der Waals surface area contributed by atoms with E-state index in [0.717, 1.165) is 44.2 Å². The number of amides is 1. The largest absolute Gasteiger partial charge is 0.497 e. The van der Waals surface area contributed by atoms with Gasteiger partial charge in [0, 0.05) is 6.07 Å². The van der Waals surface area contributed by atoms with Crippen LogP contribution in [0.3, 0.4) is 0 Å². The van der Waals surface area contributed by atoms with Crippen LogP contribution in [0, 0.1) is 10.1 Å². The molecule has 0 aromatic heterocycles. The van der Waals surface area contributed by atoms with Gasteiger partial charge in [0.25, 0.3) is 11.6 Å². The van der Waals surface area contributed by atoms with Crippen LogP contribution in [-0.4, -0.2) is 63.8 Å². The maximum absolute atomic E-state index is 12.3. The lowest BCUT2D eigenvalue weighted by atomic mass is 10.2. The predicted octanol–water partition coefficient (Wildman–Crippen LogP) is -0.596. The lowest BCUT2D eigenvalue weighted by Gasteiger charge is -2.29. The van der Waals surface area contributed by atoms with Gasteiger partial charge >= 0.3 is 0 Å². The van der Waals surface area contributed by atoms with E-state index in [0.29, 0.717) is 13.2 Å². The monoisotopic (exact) mass is 416 g/mol. The lowest BCUT2D eigenvalue weighted by Crippen LogP contribution is -3.28. The Bertz CT molecular complexity index is 851. The number of anilines is 1. The second-order valence-electron chi connectivity index (χ2n) is 7.27. The van der Waals surface area contributed by atoms with Crippen molar-refractivity contribution >= 4 is 17.3 Å². The van der Waals surface area contributed by atoms with E-state index in [1.165, 1.54) is 15.9 Å². The van der Waals surface area contributed by atoms with Crippen molar-refractivity contribution in [2.75, 3.05) is 58.3 Å². The average Bonchev–Trinajstić information content (AvgIpc) is 2.75. The second-order valence-corrected chi connectivity index (χ2v) is 7.27. The average molecular weight is 416 g/mol. The number of carbonyl (C=O) groups is 1. The minimum absolute atomic E-state index is 0.0908. The number of nitrogens with zero attached hydrogens (tertiary/aromatic N) is 1. The quantitative estimate of drug-likeness (QED) is 0.375. The molecule has 0 unspecified atom stereocenters. The van der Waals surface area contributed by atoms with Crippen LogP contribution in [0.5, 0.6) is 11.5 Å². The first kappa shape index (κ1) is 21.5. The molecule has 9 heteroatoms. The summed E-state index contributed by atoms with van der Waals surface area (Å²) in [7, 11) is 1.63. The van der Waals surface area contributed by atoms with E-state index in [-0.39, 0.29) is 17.3 Å². The first-order valence-electron chi connectivity index (χ1n) is 10.0. The van der Waals surface area contributed by atoms with Crippen LogP contribution < -0.4 is 24.6 Å². The Morgan fingerprint density at radius 3 is 2.33 bits per heavy atom. The molecule has 1 fully saturated rings. The molecule has 2 aromatic rings. The highest BCUT2D eigenvalue weighted by Crippen LogP contribution is 2.22. The third kappa shape index (κ3) is 6.16. The van der Waals surface area contributed by atoms with Gasteiger partial charge in [-0.15, -0.1) is 0 Å². The fourth-order valence-corrected chi connectivity index (χ4v) is 3.53. The van der Waals surface area contributed by atoms with Crippen LogP contribution >= 0.6 is 0 Å². The Morgan fingerprint density at radius 2 is 1.67 bits per heavy atom. The predicted molar refractivity (Wildman–Crippen MR) is 111 cm³/mol. The van der Waals surface area contributed by atoms with Gasteiger partial charge in [0.15, 0.2) is 6.54 Å². The molecule has 1 heterocycles. The Hall–Kier alpha value is -3.17. The molecule has 0 aliphatic carbocycles. The molecule has 1 aliphatic heterocycles. The van der Waals surface area contributed by atoms with Gasteiger partial charge in [-0.1, -0.05) is 12.1 Å². The third-order valence-electron chi connectivity index (χ3n) is 5.23. The highest BCUT2D eigenvalue weighted by molar-refractivity contribution is 5.93. The maximum atomic E-state index is 12.3. The maximum Gasteiger partial charge on any atom is 0.292 e. The Morgan fingerprint density at radius 1 is 1.03 bits per heavy atom. The van der Waals surface area contributed by atoms with E-state index in [9.17, 15) is 14.9 Å². The molecule has 9 nitrogen and oxygen atoms in total. The van der Waals surface area contributed by atoms with Crippen molar-refractivity contribution in [2.45, 2.75) is 0 Å². The minimum Gasteiger partial charge on any atom is -0.497 e. The molecule has 2 aromatic carbocycles. The minimum atomic E-state index is -0.487. The topological polar surface area (TPSA) is 99.6 Å². The molecule has 160 valence electrons. The third-order valence-corrected chi connectivity index (χ3v) is 5.23. The van der Waals surface area contributed by atoms with Gasteiger partial charge in [-0.2, -0.15) is 0 Å². The molecule has 0 bridgehead atoms. The molecule has 0 spiro atoms. The van der Waals surface area contributed by atoms with Gasteiger partial charge in [-0.05, 0) is 30.3 Å². The van der Waals surface area contributed by atoms with E-state index in [1.807, 2.05) is 24.3 Å². The number of hydrogen-bond acceptors (Lipinski definition) is 5. The van der Waals surface area contributed by atoms with Gasteiger partial charge in [-0.3, -0.25) is 14.9 Å². The highest BCUT2D eigenvalue weighted by Gasteiger charge is 2.25. The first-order chi connectivity index (χ1) is 14.5. The van der Waals surface area contributed by atoms with Gasteiger partial charge in [0.1, 0.15) is 56.5 Å². The van der Waals surface area contributed by atoms with E-state index >= 15 is 0 Å².